The molecule has 0 saturated carbocycles. The molecule has 1 N–H and O–H groups in total. The number of ether oxygens (including phenoxy) is 1. The third-order valence-electron chi connectivity index (χ3n) is 3.68. The molecule has 23 heavy (non-hydrogen) atoms. The molecule has 2 rings (SSSR count). The van der Waals surface area contributed by atoms with Crippen molar-refractivity contribution in [1.82, 2.24) is 0 Å². The van der Waals surface area contributed by atoms with Crippen molar-refractivity contribution >= 4 is 27.3 Å². The Balaban J connectivity index is 2.45. The lowest BCUT2D eigenvalue weighted by Crippen LogP contribution is -2.16. The predicted octanol–water partition coefficient (Wildman–Crippen LogP) is 4.27. The topological polar surface area (TPSA) is 55.4 Å². The molecule has 6 heteroatoms. The highest BCUT2D eigenvalue weighted by atomic mass is 35.5. The molecule has 0 saturated heterocycles. The van der Waals surface area contributed by atoms with Gasteiger partial charge in [-0.2, -0.15) is 0 Å². The molecule has 0 spiro atoms. The minimum absolute atomic E-state index is 0.183. The quantitative estimate of drug-likeness (QED) is 0.843. The maximum atomic E-state index is 12.7. The summed E-state index contributed by atoms with van der Waals surface area (Å²) in [6, 6.07) is 9.94. The fraction of sp³-hybridized carbons (Fsp3) is 0.294. The monoisotopic (exact) mass is 353 g/mol. The van der Waals surface area contributed by atoms with Crippen LogP contribution in [0.5, 0.6) is 5.75 Å². The van der Waals surface area contributed by atoms with Crippen LogP contribution in [0.2, 0.25) is 5.02 Å². The van der Waals surface area contributed by atoms with Gasteiger partial charge in [-0.05, 0) is 54.3 Å². The minimum atomic E-state index is -3.68. The standard InChI is InChI=1S/C17H20ClNO3S/c1-4-12-6-11-16(18)15(5-2)17(12)19-23(20,21)14-9-7-13(22-3)8-10-14/h6-11,19H,4-5H2,1-3H3. The number of hydrogen-bond acceptors (Lipinski definition) is 3. The fourth-order valence-electron chi connectivity index (χ4n) is 2.39. The average molecular weight is 354 g/mol. The van der Waals surface area contributed by atoms with Crippen LogP contribution in [-0.4, -0.2) is 15.5 Å². The average Bonchev–Trinajstić information content (AvgIpc) is 2.55. The number of methoxy groups -OCH3 is 1. The van der Waals surface area contributed by atoms with Crippen LogP contribution in [0.1, 0.15) is 25.0 Å². The molecule has 0 heterocycles. The van der Waals surface area contributed by atoms with E-state index >= 15 is 0 Å². The second-order valence-electron chi connectivity index (χ2n) is 5.05. The predicted molar refractivity (Wildman–Crippen MR) is 94.0 cm³/mol. The van der Waals surface area contributed by atoms with Crippen molar-refractivity contribution in [2.75, 3.05) is 11.8 Å². The van der Waals surface area contributed by atoms with Crippen LogP contribution in [0, 0.1) is 0 Å². The molecule has 0 aromatic heterocycles. The van der Waals surface area contributed by atoms with E-state index in [1.54, 1.807) is 12.1 Å². The van der Waals surface area contributed by atoms with Gasteiger partial charge in [0.1, 0.15) is 5.75 Å². The molecule has 2 aromatic carbocycles. The zero-order chi connectivity index (χ0) is 17.0. The van der Waals surface area contributed by atoms with E-state index in [0.717, 1.165) is 11.1 Å². The number of nitrogens with one attached hydrogen (secondary N) is 1. The second kappa shape index (κ2) is 7.23. The van der Waals surface area contributed by atoms with Crippen molar-refractivity contribution in [2.24, 2.45) is 0 Å². The lowest BCUT2D eigenvalue weighted by molar-refractivity contribution is 0.414. The van der Waals surface area contributed by atoms with Gasteiger partial charge in [0.2, 0.25) is 0 Å². The molecule has 0 bridgehead atoms. The summed E-state index contributed by atoms with van der Waals surface area (Å²) in [6.07, 6.45) is 1.36. The van der Waals surface area contributed by atoms with Gasteiger partial charge in [0.15, 0.2) is 0 Å². The second-order valence-corrected chi connectivity index (χ2v) is 7.14. The number of hydrogen-bond donors (Lipinski definition) is 1. The highest BCUT2D eigenvalue weighted by molar-refractivity contribution is 7.92. The first-order valence-electron chi connectivity index (χ1n) is 7.40. The number of anilines is 1. The summed E-state index contributed by atoms with van der Waals surface area (Å²) in [5.41, 5.74) is 2.31. The molecule has 0 radical (unpaired) electrons. The Bertz CT molecular complexity index is 786. The summed E-state index contributed by atoms with van der Waals surface area (Å²) in [5, 5.41) is 0.567. The van der Waals surface area contributed by atoms with E-state index in [-0.39, 0.29) is 4.90 Å². The molecule has 0 atom stereocenters. The van der Waals surface area contributed by atoms with Crippen LogP contribution in [0.25, 0.3) is 0 Å². The molecule has 0 fully saturated rings. The van der Waals surface area contributed by atoms with E-state index in [0.29, 0.717) is 29.3 Å². The van der Waals surface area contributed by atoms with Gasteiger partial charge in [-0.15, -0.1) is 0 Å². The third kappa shape index (κ3) is 3.79. The smallest absolute Gasteiger partial charge is 0.261 e. The molecular formula is C17H20ClNO3S. The van der Waals surface area contributed by atoms with Crippen molar-refractivity contribution in [3.8, 4) is 5.75 Å². The van der Waals surface area contributed by atoms with Crippen LogP contribution in [-0.2, 0) is 22.9 Å². The summed E-state index contributed by atoms with van der Waals surface area (Å²) in [7, 11) is -2.15. The Hall–Kier alpha value is -1.72. The van der Waals surface area contributed by atoms with Gasteiger partial charge in [-0.3, -0.25) is 4.72 Å². The number of sulfonamides is 1. The van der Waals surface area contributed by atoms with Gasteiger partial charge in [0.25, 0.3) is 10.0 Å². The van der Waals surface area contributed by atoms with E-state index in [1.165, 1.54) is 19.2 Å². The molecule has 0 aliphatic carbocycles. The SMILES string of the molecule is CCc1ccc(Cl)c(CC)c1NS(=O)(=O)c1ccc(OC)cc1. The van der Waals surface area contributed by atoms with E-state index in [4.69, 9.17) is 16.3 Å². The minimum Gasteiger partial charge on any atom is -0.497 e. The summed E-state index contributed by atoms with van der Waals surface area (Å²) in [4.78, 5) is 0.183. The lowest BCUT2D eigenvalue weighted by Gasteiger charge is -2.17. The summed E-state index contributed by atoms with van der Waals surface area (Å²) >= 11 is 6.22. The summed E-state index contributed by atoms with van der Waals surface area (Å²) in [6.45, 7) is 3.93. The van der Waals surface area contributed by atoms with Crippen molar-refractivity contribution < 1.29 is 13.2 Å². The maximum Gasteiger partial charge on any atom is 0.261 e. The zero-order valence-corrected chi connectivity index (χ0v) is 15.0. The highest BCUT2D eigenvalue weighted by Crippen LogP contribution is 2.31. The first kappa shape index (κ1) is 17.6. The molecule has 4 nitrogen and oxygen atoms in total. The van der Waals surface area contributed by atoms with Crippen LogP contribution in [0.15, 0.2) is 41.3 Å². The van der Waals surface area contributed by atoms with Gasteiger partial charge in [0.05, 0.1) is 17.7 Å². The Labute approximate surface area is 142 Å². The van der Waals surface area contributed by atoms with Gasteiger partial charge in [-0.25, -0.2) is 8.42 Å². The molecule has 124 valence electrons. The van der Waals surface area contributed by atoms with Crippen LogP contribution >= 0.6 is 11.6 Å². The number of rotatable bonds is 6. The third-order valence-corrected chi connectivity index (χ3v) is 5.40. The largest absolute Gasteiger partial charge is 0.497 e. The number of halogens is 1. The molecule has 0 aliphatic rings. The number of aryl methyl sites for hydroxylation is 1. The van der Waals surface area contributed by atoms with E-state index in [2.05, 4.69) is 4.72 Å². The molecule has 0 amide bonds. The van der Waals surface area contributed by atoms with Crippen molar-refractivity contribution in [1.29, 1.82) is 0 Å². The van der Waals surface area contributed by atoms with Crippen LogP contribution < -0.4 is 9.46 Å². The summed E-state index contributed by atoms with van der Waals surface area (Å²) < 4.78 is 33.1. The molecule has 0 aliphatic heterocycles. The Morgan fingerprint density at radius 1 is 1.04 bits per heavy atom. The lowest BCUT2D eigenvalue weighted by atomic mass is 10.0. The molecular weight excluding hydrogens is 334 g/mol. The first-order chi connectivity index (χ1) is 10.9. The van der Waals surface area contributed by atoms with Crippen LogP contribution in [0.4, 0.5) is 5.69 Å². The van der Waals surface area contributed by atoms with Gasteiger partial charge in [-0.1, -0.05) is 31.5 Å². The van der Waals surface area contributed by atoms with Gasteiger partial charge >= 0.3 is 0 Å². The summed E-state index contributed by atoms with van der Waals surface area (Å²) in [5.74, 6) is 0.607. The van der Waals surface area contributed by atoms with E-state index < -0.39 is 10.0 Å². The zero-order valence-electron chi connectivity index (χ0n) is 13.4. The Kier molecular flexibility index (Phi) is 5.55. The normalized spacial score (nSPS) is 11.3. The fourth-order valence-corrected chi connectivity index (χ4v) is 3.81. The molecule has 0 unspecified atom stereocenters. The maximum absolute atomic E-state index is 12.7. The van der Waals surface area contributed by atoms with Gasteiger partial charge in [0, 0.05) is 5.02 Å². The van der Waals surface area contributed by atoms with Crippen molar-refractivity contribution in [3.05, 3.63) is 52.5 Å². The van der Waals surface area contributed by atoms with E-state index in [9.17, 15) is 8.42 Å². The Morgan fingerprint density at radius 2 is 1.70 bits per heavy atom. The number of benzene rings is 2. The van der Waals surface area contributed by atoms with Gasteiger partial charge < -0.3 is 4.74 Å². The highest BCUT2D eigenvalue weighted by Gasteiger charge is 2.19. The first-order valence-corrected chi connectivity index (χ1v) is 9.26. The van der Waals surface area contributed by atoms with Crippen molar-refractivity contribution in [3.63, 3.8) is 0 Å². The van der Waals surface area contributed by atoms with E-state index in [1.807, 2.05) is 26.0 Å². The molecule has 2 aromatic rings. The van der Waals surface area contributed by atoms with Crippen molar-refractivity contribution in [2.45, 2.75) is 31.6 Å². The van der Waals surface area contributed by atoms with Crippen LogP contribution in [0.3, 0.4) is 0 Å². The Morgan fingerprint density at radius 3 is 2.22 bits per heavy atom.